The van der Waals surface area contributed by atoms with Gasteiger partial charge in [-0.2, -0.15) is 0 Å². The van der Waals surface area contributed by atoms with Crippen molar-refractivity contribution >= 4 is 11.9 Å². The Morgan fingerprint density at radius 2 is 0.938 bits per heavy atom. The second-order valence-corrected chi connectivity index (χ2v) is 10.0. The van der Waals surface area contributed by atoms with Gasteiger partial charge in [0.1, 0.15) is 23.0 Å². The maximum Gasteiger partial charge on any atom is 0.309 e. The largest absolute Gasteiger partial charge is 0.481 e. The van der Waals surface area contributed by atoms with E-state index in [0.717, 1.165) is 74.4 Å². The maximum absolute atomic E-state index is 11.2. The van der Waals surface area contributed by atoms with Crippen LogP contribution in [-0.4, -0.2) is 22.2 Å². The molecule has 6 heteroatoms. The van der Waals surface area contributed by atoms with Crippen LogP contribution in [0.1, 0.15) is 89.3 Å². The second kappa shape index (κ2) is 11.4. The standard InChI is InChI=1S/C26H38O6/c1-25(2,23(27)28)17-7-5-9-19-11-13-21(31-19)15-16-22-14-12-20(32-22)10-6-8-18-26(3,4)24(29)30/h11-14H,5-10,15-18H2,1-4H3,(H,27,28)(H,29,30). The van der Waals surface area contributed by atoms with Gasteiger partial charge >= 0.3 is 11.9 Å². The Morgan fingerprint density at radius 3 is 1.25 bits per heavy atom. The van der Waals surface area contributed by atoms with Crippen LogP contribution in [-0.2, 0) is 35.3 Å². The summed E-state index contributed by atoms with van der Waals surface area (Å²) < 4.78 is 11.8. The average Bonchev–Trinajstić information content (AvgIpc) is 3.36. The molecule has 0 aromatic carbocycles. The minimum absolute atomic E-state index is 0.661. The molecular weight excluding hydrogens is 408 g/mol. The van der Waals surface area contributed by atoms with E-state index in [0.29, 0.717) is 12.8 Å². The van der Waals surface area contributed by atoms with Crippen molar-refractivity contribution in [2.45, 2.75) is 91.9 Å². The highest BCUT2D eigenvalue weighted by Gasteiger charge is 2.26. The molecule has 2 N–H and O–H groups in total. The van der Waals surface area contributed by atoms with Gasteiger partial charge in [0, 0.05) is 25.7 Å². The SMILES string of the molecule is CC(C)(CCCCc1ccc(CCc2ccc(CCCCC(C)(C)C(=O)O)o2)o1)C(=O)O. The van der Waals surface area contributed by atoms with Gasteiger partial charge in [-0.25, -0.2) is 0 Å². The van der Waals surface area contributed by atoms with E-state index in [-0.39, 0.29) is 0 Å². The summed E-state index contributed by atoms with van der Waals surface area (Å²) in [6.45, 7) is 7.06. The molecule has 6 nitrogen and oxygen atoms in total. The highest BCUT2D eigenvalue weighted by Crippen LogP contribution is 2.25. The lowest BCUT2D eigenvalue weighted by atomic mass is 9.87. The number of carboxylic acids is 2. The summed E-state index contributed by atoms with van der Waals surface area (Å²) in [5.41, 5.74) is -1.35. The zero-order valence-electron chi connectivity index (χ0n) is 19.9. The first kappa shape index (κ1) is 25.8. The molecular formula is C26H38O6. The molecule has 0 aliphatic heterocycles. The molecule has 2 aromatic rings. The van der Waals surface area contributed by atoms with E-state index in [9.17, 15) is 19.8 Å². The maximum atomic E-state index is 11.2. The van der Waals surface area contributed by atoms with Crippen molar-refractivity contribution in [1.82, 2.24) is 0 Å². The first-order valence-corrected chi connectivity index (χ1v) is 11.6. The molecule has 0 aliphatic carbocycles. The quantitative estimate of drug-likeness (QED) is 0.311. The zero-order valence-corrected chi connectivity index (χ0v) is 19.9. The van der Waals surface area contributed by atoms with E-state index in [2.05, 4.69) is 0 Å². The first-order chi connectivity index (χ1) is 15.0. The summed E-state index contributed by atoms with van der Waals surface area (Å²) in [6, 6.07) is 8.02. The van der Waals surface area contributed by atoms with Crippen molar-refractivity contribution in [3.05, 3.63) is 47.3 Å². The second-order valence-electron chi connectivity index (χ2n) is 10.0. The van der Waals surface area contributed by atoms with E-state index < -0.39 is 22.8 Å². The van der Waals surface area contributed by atoms with Gasteiger partial charge in [-0.1, -0.05) is 12.8 Å². The average molecular weight is 447 g/mol. The number of aliphatic carboxylic acids is 2. The van der Waals surface area contributed by atoms with E-state index in [1.165, 1.54) is 0 Å². The molecule has 0 fully saturated rings. The number of rotatable bonds is 15. The molecule has 178 valence electrons. The molecule has 0 amide bonds. The Hall–Kier alpha value is -2.50. The van der Waals surface area contributed by atoms with Crippen LogP contribution in [0.5, 0.6) is 0 Å². The fraction of sp³-hybridized carbons (Fsp3) is 0.615. The van der Waals surface area contributed by atoms with Crippen LogP contribution in [0.2, 0.25) is 0 Å². The Balaban J connectivity index is 1.67. The molecule has 0 aliphatic rings. The summed E-state index contributed by atoms with van der Waals surface area (Å²) in [7, 11) is 0. The Kier molecular flexibility index (Phi) is 9.17. The van der Waals surface area contributed by atoms with Gasteiger partial charge in [-0.05, 0) is 77.6 Å². The van der Waals surface area contributed by atoms with Crippen LogP contribution in [0, 0.1) is 10.8 Å². The van der Waals surface area contributed by atoms with Gasteiger partial charge < -0.3 is 19.0 Å². The van der Waals surface area contributed by atoms with Crippen LogP contribution in [0.25, 0.3) is 0 Å². The first-order valence-electron chi connectivity index (χ1n) is 11.6. The fourth-order valence-corrected chi connectivity index (χ4v) is 3.57. The molecule has 0 bridgehead atoms. The lowest BCUT2D eigenvalue weighted by Gasteiger charge is -2.18. The molecule has 2 heterocycles. The number of carboxylic acid groups (broad SMARTS) is 2. The molecule has 32 heavy (non-hydrogen) atoms. The van der Waals surface area contributed by atoms with Crippen molar-refractivity contribution in [2.24, 2.45) is 10.8 Å². The molecule has 0 unspecified atom stereocenters. The van der Waals surface area contributed by atoms with E-state index in [4.69, 9.17) is 8.83 Å². The third-order valence-corrected chi connectivity index (χ3v) is 6.16. The van der Waals surface area contributed by atoms with Gasteiger partial charge in [0.25, 0.3) is 0 Å². The minimum Gasteiger partial charge on any atom is -0.481 e. The molecule has 0 saturated carbocycles. The van der Waals surface area contributed by atoms with Crippen molar-refractivity contribution in [2.75, 3.05) is 0 Å². The molecule has 0 atom stereocenters. The van der Waals surface area contributed by atoms with Crippen LogP contribution < -0.4 is 0 Å². The Labute approximate surface area is 191 Å². The lowest BCUT2D eigenvalue weighted by Crippen LogP contribution is -2.23. The van der Waals surface area contributed by atoms with Crippen molar-refractivity contribution < 1.29 is 28.6 Å². The van der Waals surface area contributed by atoms with Crippen LogP contribution in [0.15, 0.2) is 33.1 Å². The van der Waals surface area contributed by atoms with Gasteiger partial charge in [0.05, 0.1) is 10.8 Å². The molecule has 2 rings (SSSR count). The lowest BCUT2D eigenvalue weighted by molar-refractivity contribution is -0.148. The summed E-state index contributed by atoms with van der Waals surface area (Å²) in [6.07, 6.45) is 8.04. The fourth-order valence-electron chi connectivity index (χ4n) is 3.57. The predicted molar refractivity (Wildman–Crippen MR) is 123 cm³/mol. The molecule has 2 aromatic heterocycles. The number of unbranched alkanes of at least 4 members (excludes halogenated alkanes) is 2. The molecule has 0 spiro atoms. The van der Waals surface area contributed by atoms with Crippen molar-refractivity contribution in [3.8, 4) is 0 Å². The normalized spacial score (nSPS) is 12.2. The summed E-state index contributed by atoms with van der Waals surface area (Å²) >= 11 is 0. The van der Waals surface area contributed by atoms with Gasteiger partial charge in [0.2, 0.25) is 0 Å². The monoisotopic (exact) mass is 446 g/mol. The number of furan rings is 2. The Morgan fingerprint density at radius 1 is 0.625 bits per heavy atom. The smallest absolute Gasteiger partial charge is 0.309 e. The third kappa shape index (κ3) is 8.21. The highest BCUT2D eigenvalue weighted by atomic mass is 16.4. The van der Waals surface area contributed by atoms with Crippen LogP contribution in [0.3, 0.4) is 0 Å². The van der Waals surface area contributed by atoms with Crippen molar-refractivity contribution in [3.63, 3.8) is 0 Å². The summed E-state index contributed by atoms with van der Waals surface area (Å²) in [5, 5.41) is 18.3. The number of aryl methyl sites for hydroxylation is 4. The van der Waals surface area contributed by atoms with Crippen LogP contribution in [0.4, 0.5) is 0 Å². The van der Waals surface area contributed by atoms with E-state index in [1.807, 2.05) is 24.3 Å². The number of carbonyl (C=O) groups is 2. The topological polar surface area (TPSA) is 101 Å². The van der Waals surface area contributed by atoms with Gasteiger partial charge in [-0.3, -0.25) is 9.59 Å². The van der Waals surface area contributed by atoms with E-state index in [1.54, 1.807) is 27.7 Å². The van der Waals surface area contributed by atoms with Gasteiger partial charge in [0.15, 0.2) is 0 Å². The predicted octanol–water partition coefficient (Wildman–Crippen LogP) is 6.31. The highest BCUT2D eigenvalue weighted by molar-refractivity contribution is 5.73. The van der Waals surface area contributed by atoms with Crippen LogP contribution >= 0.6 is 0 Å². The summed E-state index contributed by atoms with van der Waals surface area (Å²) in [4.78, 5) is 22.3. The molecule has 0 radical (unpaired) electrons. The van der Waals surface area contributed by atoms with Gasteiger partial charge in [-0.15, -0.1) is 0 Å². The number of hydrogen-bond acceptors (Lipinski definition) is 4. The minimum atomic E-state index is -0.749. The number of hydrogen-bond donors (Lipinski definition) is 2. The third-order valence-electron chi connectivity index (χ3n) is 6.16. The van der Waals surface area contributed by atoms with Crippen molar-refractivity contribution in [1.29, 1.82) is 0 Å². The summed E-state index contributed by atoms with van der Waals surface area (Å²) in [5.74, 6) is 2.25. The zero-order chi connectivity index (χ0) is 23.8. The molecule has 0 saturated heterocycles. The van der Waals surface area contributed by atoms with E-state index >= 15 is 0 Å². The Bertz CT molecular complexity index is 798.